The van der Waals surface area contributed by atoms with Gasteiger partial charge in [0.05, 0.1) is 0 Å². The van der Waals surface area contributed by atoms with Crippen molar-refractivity contribution in [2.75, 3.05) is 6.54 Å². The average molecular weight is 381 g/mol. The number of rotatable bonds is 6. The van der Waals surface area contributed by atoms with Crippen LogP contribution >= 0.6 is 31.7 Å². The molecule has 0 heterocycles. The van der Waals surface area contributed by atoms with Crippen LogP contribution in [0.1, 0.15) is 6.42 Å². The molecule has 0 bridgehead atoms. The number of hydrogen-bond donors (Lipinski definition) is 8. The smallest absolute Gasteiger partial charge is 0.367 e. The molecule has 20 heavy (non-hydrogen) atoms. The van der Waals surface area contributed by atoms with Gasteiger partial charge in [0.25, 0.3) is 5.08 Å². The fraction of sp³-hybridized carbons (Fsp3) is 1.00. The van der Waals surface area contributed by atoms with Gasteiger partial charge in [-0.1, -0.05) is 0 Å². The number of aliphatic hydroxyl groups is 1. The first-order valence-electron chi connectivity index (χ1n) is 4.36. The second-order valence-electron chi connectivity index (χ2n) is 3.03. The predicted molar refractivity (Wildman–Crippen MR) is 66.2 cm³/mol. The molecule has 0 saturated carbocycles. The third-order valence-electron chi connectivity index (χ3n) is 1.59. The Kier molecular flexibility index (Phi) is 10.1. The molecule has 0 aromatic heterocycles. The maximum Gasteiger partial charge on any atom is 0.369 e. The van der Waals surface area contributed by atoms with Crippen LogP contribution in [0.5, 0.6) is 0 Å². The van der Waals surface area contributed by atoms with Crippen molar-refractivity contribution in [1.82, 2.24) is 0 Å². The van der Waals surface area contributed by atoms with E-state index in [2.05, 4.69) is 4.31 Å². The third-order valence-corrected chi connectivity index (χ3v) is 6.86. The molecule has 0 aromatic carbocycles. The lowest BCUT2D eigenvalue weighted by Gasteiger charge is -2.28. The summed E-state index contributed by atoms with van der Waals surface area (Å²) in [6.45, 7) is -0.452. The molecular weight excluding hydrogens is 366 g/mol. The molecule has 0 rings (SSSR count). The van der Waals surface area contributed by atoms with E-state index in [0.29, 0.717) is 0 Å². The van der Waals surface area contributed by atoms with Gasteiger partial charge in [-0.3, -0.25) is 18.3 Å². The molecule has 0 aliphatic rings. The first kappa shape index (κ1) is 22.8. The van der Waals surface area contributed by atoms with E-state index in [4.69, 9.17) is 40.2 Å². The third kappa shape index (κ3) is 8.11. The minimum Gasteiger partial charge on any atom is -0.367 e. The van der Waals surface area contributed by atoms with Crippen molar-refractivity contribution in [3.05, 3.63) is 0 Å². The van der Waals surface area contributed by atoms with Crippen molar-refractivity contribution in [3.63, 3.8) is 0 Å². The highest BCUT2D eigenvalue weighted by Gasteiger charge is 2.58. The van der Waals surface area contributed by atoms with Crippen LogP contribution in [0.3, 0.4) is 0 Å². The van der Waals surface area contributed by atoms with E-state index >= 15 is 0 Å². The fourth-order valence-electron chi connectivity index (χ4n) is 0.729. The van der Waals surface area contributed by atoms with Crippen molar-refractivity contribution in [2.24, 2.45) is 5.73 Å². The Morgan fingerprint density at radius 3 is 1.35 bits per heavy atom. The van der Waals surface area contributed by atoms with E-state index in [1.807, 2.05) is 0 Å². The number of nitrogens with two attached hydrogens (primary N) is 1. The van der Waals surface area contributed by atoms with Gasteiger partial charge in [0, 0.05) is 6.42 Å². The minimum atomic E-state index is -5.31. The van der Waals surface area contributed by atoms with Crippen LogP contribution in [0, 0.1) is 0 Å². The highest BCUT2D eigenvalue weighted by atomic mass is 31.2. The van der Waals surface area contributed by atoms with Gasteiger partial charge in [0.15, 0.2) is 0 Å². The van der Waals surface area contributed by atoms with Gasteiger partial charge in [0.1, 0.15) is 0 Å². The van der Waals surface area contributed by atoms with Gasteiger partial charge in [-0.15, -0.1) is 0 Å². The topological polar surface area (TPSA) is 245 Å². The summed E-state index contributed by atoms with van der Waals surface area (Å²) in [6, 6.07) is 0. The molecule has 9 N–H and O–H groups in total. The van der Waals surface area contributed by atoms with Crippen molar-refractivity contribution < 1.29 is 57.0 Å². The molecule has 0 radical (unpaired) electrons. The Balaban J connectivity index is 0. The second kappa shape index (κ2) is 8.87. The lowest BCUT2D eigenvalue weighted by atomic mass is 10.5. The maximum absolute atomic E-state index is 10.6. The maximum atomic E-state index is 10.6. The Hall–Kier alpha value is 0.560. The van der Waals surface area contributed by atoms with Crippen molar-refractivity contribution >= 4 is 31.7 Å². The summed E-state index contributed by atoms with van der Waals surface area (Å²) in [4.78, 5) is 49.5. The van der Waals surface area contributed by atoms with E-state index in [-0.39, 0.29) is 0 Å². The predicted octanol–water partition coefficient (Wildman–Crippen LogP) is -1.90. The molecule has 0 aliphatic carbocycles. The van der Waals surface area contributed by atoms with Crippen LogP contribution in [0.25, 0.3) is 0 Å². The standard InChI is InChI=1S/C3H11NO7P2.H4O5P2/c4-2-1-3(5,12(6,7)8)13(9,10)11;1-6(2)5-7(3)4/h5H,1-2,4H2,(H2,6,7,8)(H2,9,10,11);6-7H,(H,1,2)(H,3,4). The summed E-state index contributed by atoms with van der Waals surface area (Å²) in [6.07, 6.45) is -0.873. The summed E-state index contributed by atoms with van der Waals surface area (Å²) < 4.78 is 43.5. The monoisotopic (exact) mass is 381 g/mol. The Morgan fingerprint density at radius 2 is 1.30 bits per heavy atom. The summed E-state index contributed by atoms with van der Waals surface area (Å²) >= 11 is 0. The van der Waals surface area contributed by atoms with Crippen LogP contribution in [-0.2, 0) is 22.6 Å². The van der Waals surface area contributed by atoms with Gasteiger partial charge in [-0.25, -0.2) is 4.31 Å². The molecule has 0 aromatic rings. The van der Waals surface area contributed by atoms with Crippen LogP contribution in [0.2, 0.25) is 0 Å². The first-order valence-corrected chi connectivity index (χ1v) is 10.1. The van der Waals surface area contributed by atoms with Crippen LogP contribution in [-0.4, -0.2) is 46.1 Å². The van der Waals surface area contributed by atoms with Crippen LogP contribution in [0.4, 0.5) is 0 Å². The van der Waals surface area contributed by atoms with E-state index in [1.165, 1.54) is 0 Å². The molecule has 0 amide bonds. The Morgan fingerprint density at radius 1 is 1.00 bits per heavy atom. The quantitative estimate of drug-likeness (QED) is 0.235. The van der Waals surface area contributed by atoms with Crippen LogP contribution in [0.15, 0.2) is 0 Å². The SMILES string of the molecule is NCCC(O)(P(=O)(O)O)P(=O)(O)O.O=[PH](O)O[PH](=O)O. The van der Waals surface area contributed by atoms with E-state index < -0.39 is 49.8 Å². The largest absolute Gasteiger partial charge is 0.369 e. The van der Waals surface area contributed by atoms with Gasteiger partial charge < -0.3 is 40.2 Å². The Bertz CT molecular complexity index is 402. The molecular formula is C3H15NO12P4. The lowest BCUT2D eigenvalue weighted by molar-refractivity contribution is 0.125. The van der Waals surface area contributed by atoms with Crippen molar-refractivity contribution in [1.29, 1.82) is 0 Å². The molecule has 0 saturated heterocycles. The number of hydrogen-bond acceptors (Lipinski definition) is 7. The van der Waals surface area contributed by atoms with E-state index in [0.717, 1.165) is 0 Å². The van der Waals surface area contributed by atoms with Crippen LogP contribution < -0.4 is 5.73 Å². The van der Waals surface area contributed by atoms with Gasteiger partial charge in [-0.05, 0) is 6.54 Å². The summed E-state index contributed by atoms with van der Waals surface area (Å²) in [7, 11) is -17.0. The lowest BCUT2D eigenvalue weighted by Crippen LogP contribution is -2.31. The zero-order valence-electron chi connectivity index (χ0n) is 9.56. The molecule has 2 unspecified atom stereocenters. The molecule has 0 fully saturated rings. The molecule has 13 nitrogen and oxygen atoms in total. The minimum absolute atomic E-state index is 0.452. The van der Waals surface area contributed by atoms with Gasteiger partial charge in [-0.2, -0.15) is 0 Å². The molecule has 0 spiro atoms. The van der Waals surface area contributed by atoms with Gasteiger partial charge >= 0.3 is 31.7 Å². The second-order valence-corrected chi connectivity index (χ2v) is 8.92. The highest BCUT2D eigenvalue weighted by molar-refractivity contribution is 7.72. The Labute approximate surface area is 113 Å². The first-order chi connectivity index (χ1) is 8.69. The van der Waals surface area contributed by atoms with E-state index in [1.54, 1.807) is 0 Å². The summed E-state index contributed by atoms with van der Waals surface area (Å²) in [5, 5.41) is 5.71. The van der Waals surface area contributed by atoms with Gasteiger partial charge in [0.2, 0.25) is 0 Å². The highest BCUT2D eigenvalue weighted by Crippen LogP contribution is 2.68. The van der Waals surface area contributed by atoms with Crippen molar-refractivity contribution in [2.45, 2.75) is 11.5 Å². The van der Waals surface area contributed by atoms with Crippen molar-refractivity contribution in [3.8, 4) is 0 Å². The normalized spacial score (nSPS) is 16.0. The fourth-order valence-corrected chi connectivity index (χ4v) is 3.53. The molecule has 0 aliphatic heterocycles. The van der Waals surface area contributed by atoms with E-state index in [9.17, 15) is 18.3 Å². The zero-order valence-corrected chi connectivity index (χ0v) is 13.3. The molecule has 2 atom stereocenters. The average Bonchev–Trinajstić information content (AvgIpc) is 2.12. The zero-order chi connectivity index (χ0) is 16.8. The molecule has 17 heteroatoms. The molecule has 124 valence electrons. The summed E-state index contributed by atoms with van der Waals surface area (Å²) in [5.41, 5.74) is 4.86. The summed E-state index contributed by atoms with van der Waals surface area (Å²) in [5.74, 6) is 0.